The number of rotatable bonds is 0. The summed E-state index contributed by atoms with van der Waals surface area (Å²) in [7, 11) is 0. The zero-order valence-electron chi connectivity index (χ0n) is 5.02. The van der Waals surface area contributed by atoms with Crippen LogP contribution in [-0.4, -0.2) is 11.2 Å². The van der Waals surface area contributed by atoms with Crippen molar-refractivity contribution < 1.29 is 5.11 Å². The Bertz CT molecular complexity index is 140. The van der Waals surface area contributed by atoms with Crippen molar-refractivity contribution in [3.05, 3.63) is 0 Å². The maximum atomic E-state index is 8.70. The van der Waals surface area contributed by atoms with E-state index in [1.807, 2.05) is 0 Å². The highest BCUT2D eigenvalue weighted by molar-refractivity contribution is 5.17. The van der Waals surface area contributed by atoms with Crippen molar-refractivity contribution in [1.29, 1.82) is 0 Å². The molecule has 1 N–H and O–H groups in total. The molecule has 0 aliphatic rings. The van der Waals surface area contributed by atoms with Gasteiger partial charge in [-0.1, -0.05) is 11.8 Å². The van der Waals surface area contributed by atoms with Gasteiger partial charge in [0.05, 0.1) is 0 Å². The molecule has 0 aliphatic heterocycles. The summed E-state index contributed by atoms with van der Waals surface area (Å²) in [5, 5.41) is 8.70. The van der Waals surface area contributed by atoms with Gasteiger partial charge in [0.15, 0.2) is 6.10 Å². The minimum absolute atomic E-state index is 0.759. The van der Waals surface area contributed by atoms with E-state index in [1.54, 1.807) is 13.8 Å². The van der Waals surface area contributed by atoms with Crippen LogP contribution in [0.3, 0.4) is 0 Å². The molecule has 0 rings (SSSR count). The van der Waals surface area contributed by atoms with Crippen LogP contribution in [-0.2, 0) is 0 Å². The Hall–Kier alpha value is -0.920. The lowest BCUT2D eigenvalue weighted by Crippen LogP contribution is -1.96. The zero-order valence-corrected chi connectivity index (χ0v) is 5.02. The summed E-state index contributed by atoms with van der Waals surface area (Å²) in [5.74, 6) is 10.1. The van der Waals surface area contributed by atoms with Gasteiger partial charge in [-0.2, -0.15) is 0 Å². The maximum absolute atomic E-state index is 8.70. The van der Waals surface area contributed by atoms with Gasteiger partial charge < -0.3 is 5.11 Å². The van der Waals surface area contributed by atoms with Crippen molar-refractivity contribution in [2.45, 2.75) is 20.0 Å². The van der Waals surface area contributed by atoms with Gasteiger partial charge in [-0.25, -0.2) is 0 Å². The van der Waals surface area contributed by atoms with Gasteiger partial charge in [0.2, 0.25) is 0 Å². The van der Waals surface area contributed by atoms with Crippen molar-refractivity contribution in [3.8, 4) is 23.7 Å². The normalized spacial score (nSPS) is 6.50. The highest BCUT2D eigenvalue weighted by atomic mass is 16.3. The molecule has 1 nitrogen and oxygen atoms in total. The van der Waals surface area contributed by atoms with Crippen LogP contribution in [0.5, 0.6) is 0 Å². The Labute approximate surface area is 49.7 Å². The molecular weight excluding hydrogens is 100 g/mol. The topological polar surface area (TPSA) is 20.2 Å². The van der Waals surface area contributed by atoms with E-state index in [2.05, 4.69) is 23.7 Å². The Morgan fingerprint density at radius 3 is 1.75 bits per heavy atom. The Kier molecular flexibility index (Phi) is 3.76. The predicted octanol–water partition coefficient (Wildman–Crippen LogP) is 0.394. The average molecular weight is 108 g/mol. The van der Waals surface area contributed by atoms with Crippen molar-refractivity contribution in [2.24, 2.45) is 0 Å². The fourth-order valence-electron chi connectivity index (χ4n) is 0.310. The highest BCUT2D eigenvalue weighted by Gasteiger charge is 1.84. The van der Waals surface area contributed by atoms with E-state index in [9.17, 15) is 0 Å². The van der Waals surface area contributed by atoms with Crippen LogP contribution in [0.15, 0.2) is 0 Å². The molecule has 0 bridgehead atoms. The lowest BCUT2D eigenvalue weighted by molar-refractivity contribution is 0.289. The molecule has 0 aromatic carbocycles. The van der Waals surface area contributed by atoms with Crippen LogP contribution < -0.4 is 0 Å². The van der Waals surface area contributed by atoms with Gasteiger partial charge in [0, 0.05) is 0 Å². The molecular formula is C7H8O. The van der Waals surface area contributed by atoms with Crippen molar-refractivity contribution in [1.82, 2.24) is 0 Å². The van der Waals surface area contributed by atoms with Gasteiger partial charge in [0.25, 0.3) is 0 Å². The second-order valence-electron chi connectivity index (χ2n) is 1.19. The van der Waals surface area contributed by atoms with Crippen molar-refractivity contribution >= 4 is 0 Å². The van der Waals surface area contributed by atoms with Crippen LogP contribution in [0.25, 0.3) is 0 Å². The molecule has 1 heteroatoms. The van der Waals surface area contributed by atoms with Crippen LogP contribution in [0, 0.1) is 23.7 Å². The number of hydrogen-bond donors (Lipinski definition) is 1. The lowest BCUT2D eigenvalue weighted by atomic mass is 10.4. The molecule has 0 aromatic rings. The average Bonchev–Trinajstić information content (AvgIpc) is 1.68. The molecule has 0 heterocycles. The molecule has 0 atom stereocenters. The van der Waals surface area contributed by atoms with Crippen LogP contribution in [0.4, 0.5) is 0 Å². The Morgan fingerprint density at radius 1 is 1.12 bits per heavy atom. The third-order valence-corrected chi connectivity index (χ3v) is 0.562. The number of aliphatic hydroxyl groups excluding tert-OH is 1. The summed E-state index contributed by atoms with van der Waals surface area (Å²) < 4.78 is 0. The van der Waals surface area contributed by atoms with Crippen molar-refractivity contribution in [3.63, 3.8) is 0 Å². The molecule has 0 aliphatic carbocycles. The second-order valence-corrected chi connectivity index (χ2v) is 1.19. The lowest BCUT2D eigenvalue weighted by Gasteiger charge is -1.84. The molecule has 0 fully saturated rings. The van der Waals surface area contributed by atoms with Gasteiger partial charge in [0.1, 0.15) is 0 Å². The van der Waals surface area contributed by atoms with E-state index < -0.39 is 6.10 Å². The maximum Gasteiger partial charge on any atom is 0.176 e. The standard InChI is InChI=1S/C7H8O/c1-3-5-7(8)6-4-2/h7-8H,1-2H3. The van der Waals surface area contributed by atoms with E-state index in [0.717, 1.165) is 0 Å². The summed E-state index contributed by atoms with van der Waals surface area (Å²) >= 11 is 0. The number of hydrogen-bond acceptors (Lipinski definition) is 1. The summed E-state index contributed by atoms with van der Waals surface area (Å²) in [4.78, 5) is 0. The van der Waals surface area contributed by atoms with Crippen LogP contribution in [0.1, 0.15) is 13.8 Å². The van der Waals surface area contributed by atoms with Gasteiger partial charge in [-0.15, -0.1) is 11.8 Å². The third-order valence-electron chi connectivity index (χ3n) is 0.562. The molecule has 0 amide bonds. The second kappa shape index (κ2) is 4.24. The molecule has 0 saturated heterocycles. The van der Waals surface area contributed by atoms with Gasteiger partial charge in [-0.05, 0) is 13.8 Å². The monoisotopic (exact) mass is 108 g/mol. The first-order valence-corrected chi connectivity index (χ1v) is 2.34. The minimum atomic E-state index is -0.759. The number of aliphatic hydroxyl groups is 1. The Balaban J connectivity index is 3.71. The largest absolute Gasteiger partial charge is 0.369 e. The molecule has 42 valence electrons. The minimum Gasteiger partial charge on any atom is -0.369 e. The third kappa shape index (κ3) is 3.28. The quantitative estimate of drug-likeness (QED) is 0.445. The van der Waals surface area contributed by atoms with E-state index in [0.29, 0.717) is 0 Å². The van der Waals surface area contributed by atoms with E-state index >= 15 is 0 Å². The van der Waals surface area contributed by atoms with Gasteiger partial charge >= 0.3 is 0 Å². The molecule has 0 unspecified atom stereocenters. The molecule has 8 heavy (non-hydrogen) atoms. The summed E-state index contributed by atoms with van der Waals surface area (Å²) in [6, 6.07) is 0. The van der Waals surface area contributed by atoms with E-state index in [-0.39, 0.29) is 0 Å². The molecule has 0 aromatic heterocycles. The fourth-order valence-corrected chi connectivity index (χ4v) is 0.310. The summed E-state index contributed by atoms with van der Waals surface area (Å²) in [6.45, 7) is 3.33. The van der Waals surface area contributed by atoms with Gasteiger partial charge in [-0.3, -0.25) is 0 Å². The first-order chi connectivity index (χ1) is 3.81. The fraction of sp³-hybridized carbons (Fsp3) is 0.429. The zero-order chi connectivity index (χ0) is 6.41. The van der Waals surface area contributed by atoms with E-state index in [1.165, 1.54) is 0 Å². The summed E-state index contributed by atoms with van der Waals surface area (Å²) in [6.07, 6.45) is -0.759. The summed E-state index contributed by atoms with van der Waals surface area (Å²) in [5.41, 5.74) is 0. The Morgan fingerprint density at radius 2 is 1.50 bits per heavy atom. The highest BCUT2D eigenvalue weighted by Crippen LogP contribution is 1.72. The van der Waals surface area contributed by atoms with E-state index in [4.69, 9.17) is 5.11 Å². The first kappa shape index (κ1) is 7.08. The van der Waals surface area contributed by atoms with Crippen LogP contribution in [0.2, 0.25) is 0 Å². The smallest absolute Gasteiger partial charge is 0.176 e. The molecule has 0 radical (unpaired) electrons. The predicted molar refractivity (Wildman–Crippen MR) is 32.9 cm³/mol. The first-order valence-electron chi connectivity index (χ1n) is 2.34. The molecule has 0 spiro atoms. The van der Waals surface area contributed by atoms with Crippen LogP contribution >= 0.6 is 0 Å². The van der Waals surface area contributed by atoms with Crippen molar-refractivity contribution in [2.75, 3.05) is 0 Å². The molecule has 0 saturated carbocycles. The SMILES string of the molecule is CC#CC(O)C#CC.